The molecule has 0 unspecified atom stereocenters. The molecule has 14 heavy (non-hydrogen) atoms. The molecule has 1 aromatic rings. The summed E-state index contributed by atoms with van der Waals surface area (Å²) in [6.45, 7) is 2.87. The van der Waals surface area contributed by atoms with Gasteiger partial charge in [-0.3, -0.25) is 0 Å². The van der Waals surface area contributed by atoms with Gasteiger partial charge in [0.1, 0.15) is 5.75 Å². The number of rotatable bonds is 6. The molecule has 0 fully saturated rings. The molecule has 0 aliphatic rings. The average Bonchev–Trinajstić information content (AvgIpc) is 2.25. The van der Waals surface area contributed by atoms with Crippen molar-refractivity contribution in [1.82, 2.24) is 0 Å². The van der Waals surface area contributed by atoms with Gasteiger partial charge in [0.2, 0.25) is 0 Å². The van der Waals surface area contributed by atoms with Crippen LogP contribution in [-0.4, -0.2) is 23.2 Å². The summed E-state index contributed by atoms with van der Waals surface area (Å²) in [5.41, 5.74) is 0.856. The fraction of sp³-hybridized carbons (Fsp3) is 0.455. The maximum atomic E-state index is 9.04. The highest BCUT2D eigenvalue weighted by Crippen LogP contribution is 2.17. The van der Waals surface area contributed by atoms with E-state index in [2.05, 4.69) is 6.92 Å². The molecule has 0 radical (unpaired) electrons. The van der Waals surface area contributed by atoms with Gasteiger partial charge in [-0.05, 0) is 11.8 Å². The number of thioether (sulfide) groups is 1. The molecule has 0 heterocycles. The lowest BCUT2D eigenvalue weighted by Gasteiger charge is -2.08. The van der Waals surface area contributed by atoms with Crippen molar-refractivity contribution in [3.8, 4) is 5.75 Å². The molecule has 0 saturated carbocycles. The molecule has 78 valence electrons. The van der Waals surface area contributed by atoms with Gasteiger partial charge in [0.25, 0.3) is 0 Å². The Kier molecular flexibility index (Phi) is 5.49. The second kappa shape index (κ2) is 6.74. The zero-order valence-electron chi connectivity index (χ0n) is 8.40. The number of aliphatic hydroxyl groups excluding tert-OH is 1. The molecule has 2 nitrogen and oxygen atoms in total. The molecule has 0 spiro atoms. The summed E-state index contributed by atoms with van der Waals surface area (Å²) in [6, 6.07) is 7.59. The van der Waals surface area contributed by atoms with Crippen LogP contribution in [-0.2, 0) is 6.61 Å². The molecule has 0 aliphatic carbocycles. The number of benzene rings is 1. The number of hydrogen-bond donors (Lipinski definition) is 1. The number of hydrogen-bond acceptors (Lipinski definition) is 3. The van der Waals surface area contributed by atoms with Crippen molar-refractivity contribution in [2.75, 3.05) is 18.1 Å². The minimum Gasteiger partial charge on any atom is -0.492 e. The normalized spacial score (nSPS) is 10.1. The Bertz CT molecular complexity index is 263. The second-order valence-electron chi connectivity index (χ2n) is 2.81. The van der Waals surface area contributed by atoms with Gasteiger partial charge < -0.3 is 9.84 Å². The SMILES string of the molecule is CCSCCOc1ccccc1CO. The zero-order valence-corrected chi connectivity index (χ0v) is 9.22. The molecular formula is C11H16O2S. The van der Waals surface area contributed by atoms with Crippen LogP contribution in [0.2, 0.25) is 0 Å². The van der Waals surface area contributed by atoms with E-state index in [1.54, 1.807) is 0 Å². The molecule has 0 aromatic heterocycles. The van der Waals surface area contributed by atoms with Gasteiger partial charge in [-0.2, -0.15) is 11.8 Å². The van der Waals surface area contributed by atoms with E-state index >= 15 is 0 Å². The highest BCUT2D eigenvalue weighted by molar-refractivity contribution is 7.99. The van der Waals surface area contributed by atoms with Crippen LogP contribution in [0.1, 0.15) is 12.5 Å². The molecule has 0 aliphatic heterocycles. The summed E-state index contributed by atoms with van der Waals surface area (Å²) in [4.78, 5) is 0. The van der Waals surface area contributed by atoms with Crippen molar-refractivity contribution in [3.05, 3.63) is 29.8 Å². The Labute approximate surface area is 89.3 Å². The standard InChI is InChI=1S/C11H16O2S/c1-2-14-8-7-13-11-6-4-3-5-10(11)9-12/h3-6,12H,2,7-9H2,1H3. The van der Waals surface area contributed by atoms with Crippen molar-refractivity contribution >= 4 is 11.8 Å². The molecule has 0 bridgehead atoms. The van der Waals surface area contributed by atoms with Gasteiger partial charge in [-0.25, -0.2) is 0 Å². The topological polar surface area (TPSA) is 29.5 Å². The smallest absolute Gasteiger partial charge is 0.124 e. The Morgan fingerprint density at radius 1 is 1.36 bits per heavy atom. The van der Waals surface area contributed by atoms with Crippen LogP contribution in [0, 0.1) is 0 Å². The van der Waals surface area contributed by atoms with Crippen LogP contribution >= 0.6 is 11.8 Å². The Morgan fingerprint density at radius 2 is 2.14 bits per heavy atom. The Morgan fingerprint density at radius 3 is 2.86 bits per heavy atom. The minimum absolute atomic E-state index is 0.0388. The molecule has 1 rings (SSSR count). The van der Waals surface area contributed by atoms with Gasteiger partial charge in [0, 0.05) is 11.3 Å². The lowest BCUT2D eigenvalue weighted by Crippen LogP contribution is -2.02. The van der Waals surface area contributed by atoms with E-state index in [0.29, 0.717) is 6.61 Å². The first-order valence-electron chi connectivity index (χ1n) is 4.77. The van der Waals surface area contributed by atoms with Gasteiger partial charge >= 0.3 is 0 Å². The van der Waals surface area contributed by atoms with Gasteiger partial charge in [0.15, 0.2) is 0 Å². The third-order valence-electron chi connectivity index (χ3n) is 1.83. The monoisotopic (exact) mass is 212 g/mol. The van der Waals surface area contributed by atoms with Crippen molar-refractivity contribution in [2.24, 2.45) is 0 Å². The molecule has 0 saturated heterocycles. The molecular weight excluding hydrogens is 196 g/mol. The maximum absolute atomic E-state index is 9.04. The molecule has 0 amide bonds. The fourth-order valence-corrected chi connectivity index (χ4v) is 1.62. The first-order valence-corrected chi connectivity index (χ1v) is 5.93. The van der Waals surface area contributed by atoms with Crippen LogP contribution in [0.25, 0.3) is 0 Å². The Balaban J connectivity index is 2.41. The lowest BCUT2D eigenvalue weighted by atomic mass is 10.2. The predicted octanol–water partition coefficient (Wildman–Crippen LogP) is 2.31. The number of para-hydroxylation sites is 1. The highest BCUT2D eigenvalue weighted by Gasteiger charge is 2.00. The van der Waals surface area contributed by atoms with Crippen molar-refractivity contribution in [2.45, 2.75) is 13.5 Å². The Hall–Kier alpha value is -0.670. The molecule has 3 heteroatoms. The van der Waals surface area contributed by atoms with Crippen LogP contribution in [0.15, 0.2) is 24.3 Å². The van der Waals surface area contributed by atoms with Crippen molar-refractivity contribution in [3.63, 3.8) is 0 Å². The molecule has 0 atom stereocenters. The predicted molar refractivity (Wildman–Crippen MR) is 60.9 cm³/mol. The maximum Gasteiger partial charge on any atom is 0.124 e. The summed E-state index contributed by atoms with van der Waals surface area (Å²) in [7, 11) is 0. The summed E-state index contributed by atoms with van der Waals surface area (Å²) in [5, 5.41) is 9.04. The molecule has 1 aromatic carbocycles. The van der Waals surface area contributed by atoms with E-state index in [0.717, 1.165) is 22.8 Å². The van der Waals surface area contributed by atoms with E-state index in [1.807, 2.05) is 36.0 Å². The minimum atomic E-state index is 0.0388. The van der Waals surface area contributed by atoms with Crippen LogP contribution < -0.4 is 4.74 Å². The van der Waals surface area contributed by atoms with Crippen LogP contribution in [0.3, 0.4) is 0 Å². The highest BCUT2D eigenvalue weighted by atomic mass is 32.2. The average molecular weight is 212 g/mol. The summed E-state index contributed by atoms with van der Waals surface area (Å²) in [6.07, 6.45) is 0. The van der Waals surface area contributed by atoms with E-state index < -0.39 is 0 Å². The second-order valence-corrected chi connectivity index (χ2v) is 4.21. The summed E-state index contributed by atoms with van der Waals surface area (Å²) < 4.78 is 5.55. The van der Waals surface area contributed by atoms with E-state index in [-0.39, 0.29) is 6.61 Å². The quantitative estimate of drug-likeness (QED) is 0.734. The van der Waals surface area contributed by atoms with Crippen molar-refractivity contribution < 1.29 is 9.84 Å². The van der Waals surface area contributed by atoms with Crippen LogP contribution in [0.4, 0.5) is 0 Å². The first-order chi connectivity index (χ1) is 6.88. The van der Waals surface area contributed by atoms with Crippen LogP contribution in [0.5, 0.6) is 5.75 Å². The zero-order chi connectivity index (χ0) is 10.2. The largest absolute Gasteiger partial charge is 0.492 e. The third kappa shape index (κ3) is 3.60. The van der Waals surface area contributed by atoms with E-state index in [4.69, 9.17) is 9.84 Å². The van der Waals surface area contributed by atoms with E-state index in [9.17, 15) is 0 Å². The first kappa shape index (κ1) is 11.4. The van der Waals surface area contributed by atoms with Crippen molar-refractivity contribution in [1.29, 1.82) is 0 Å². The number of ether oxygens (including phenoxy) is 1. The van der Waals surface area contributed by atoms with Gasteiger partial charge in [0.05, 0.1) is 13.2 Å². The van der Waals surface area contributed by atoms with Gasteiger partial charge in [-0.15, -0.1) is 0 Å². The lowest BCUT2D eigenvalue weighted by molar-refractivity contribution is 0.267. The van der Waals surface area contributed by atoms with Gasteiger partial charge in [-0.1, -0.05) is 25.1 Å². The summed E-state index contributed by atoms with van der Waals surface area (Å²) >= 11 is 1.85. The molecule has 1 N–H and O–H groups in total. The van der Waals surface area contributed by atoms with E-state index in [1.165, 1.54) is 0 Å². The summed E-state index contributed by atoms with van der Waals surface area (Å²) in [5.74, 6) is 2.91. The number of aliphatic hydroxyl groups is 1. The third-order valence-corrected chi connectivity index (χ3v) is 2.70. The fourth-order valence-electron chi connectivity index (χ4n) is 1.13.